The average Bonchev–Trinajstić information content (AvgIpc) is 3.62. The van der Waals surface area contributed by atoms with Crippen molar-refractivity contribution >= 4 is 52.0 Å². The number of pyridine rings is 1. The van der Waals surface area contributed by atoms with Crippen molar-refractivity contribution < 1.29 is 4.74 Å². The first-order valence-electron chi connectivity index (χ1n) is 14.3. The van der Waals surface area contributed by atoms with Crippen molar-refractivity contribution in [3.8, 4) is 27.3 Å². The fraction of sp³-hybridized carbons (Fsp3) is 0.286. The van der Waals surface area contributed by atoms with Crippen LogP contribution in [0.4, 0.5) is 0 Å². The quantitative estimate of drug-likeness (QED) is 0.143. The van der Waals surface area contributed by atoms with Gasteiger partial charge in [0.05, 0.1) is 7.11 Å². The van der Waals surface area contributed by atoms with Gasteiger partial charge in [-0.3, -0.25) is 4.98 Å². The normalized spacial score (nSPS) is 12.6. The van der Waals surface area contributed by atoms with Crippen LogP contribution in [0.3, 0.4) is 0 Å². The molecule has 3 heterocycles. The van der Waals surface area contributed by atoms with Crippen molar-refractivity contribution in [1.29, 1.82) is 0 Å². The fourth-order valence-corrected chi connectivity index (χ4v) is 15.1. The molecule has 3 aromatic heterocycles. The van der Waals surface area contributed by atoms with E-state index < -0.39 is 8.24 Å². The minimum Gasteiger partial charge on any atom is -0.497 e. The number of aromatic nitrogens is 2. The van der Waals surface area contributed by atoms with E-state index in [1.54, 1.807) is 18.4 Å². The molecule has 0 aliphatic rings. The summed E-state index contributed by atoms with van der Waals surface area (Å²) >= 11 is 1.80. The largest absolute Gasteiger partial charge is 0.497 e. The van der Waals surface area contributed by atoms with Crippen LogP contribution in [-0.2, 0) is 0 Å². The van der Waals surface area contributed by atoms with E-state index in [9.17, 15) is 0 Å². The maximum Gasteiger partial charge on any atom is 0.169 e. The highest BCUT2D eigenvalue weighted by atomic mass is 32.1. The maximum atomic E-state index is 5.52. The molecule has 0 spiro atoms. The van der Waals surface area contributed by atoms with E-state index >= 15 is 0 Å². The lowest BCUT2D eigenvalue weighted by Gasteiger charge is -2.44. The van der Waals surface area contributed by atoms with Gasteiger partial charge in [-0.15, -0.1) is 11.3 Å². The van der Waals surface area contributed by atoms with Crippen molar-refractivity contribution in [3.63, 3.8) is 0 Å². The van der Waals surface area contributed by atoms with Gasteiger partial charge in [0.15, 0.2) is 8.24 Å². The van der Waals surface area contributed by atoms with Gasteiger partial charge in [-0.1, -0.05) is 65.8 Å². The van der Waals surface area contributed by atoms with Gasteiger partial charge < -0.3 is 8.97 Å². The number of rotatable bonds is 7. The van der Waals surface area contributed by atoms with Crippen molar-refractivity contribution in [2.75, 3.05) is 7.11 Å². The van der Waals surface area contributed by atoms with Crippen molar-refractivity contribution in [3.05, 3.63) is 84.6 Å². The van der Waals surface area contributed by atoms with Gasteiger partial charge >= 0.3 is 0 Å². The molecule has 0 bridgehead atoms. The Balaban J connectivity index is 1.82. The van der Waals surface area contributed by atoms with E-state index in [-0.39, 0.29) is 0 Å². The molecule has 0 amide bonds. The third-order valence-corrected chi connectivity index (χ3v) is 16.8. The fourth-order valence-electron chi connectivity index (χ4n) is 7.70. The number of hydrogen-bond acceptors (Lipinski definition) is 3. The van der Waals surface area contributed by atoms with Crippen molar-refractivity contribution in [2.45, 2.75) is 58.2 Å². The average molecular weight is 563 g/mol. The zero-order valence-corrected chi connectivity index (χ0v) is 26.3. The standard InChI is InChI=1S/C35H38N2OSSi/c1-22(2)40(23(3)4,24(5)6)37-19-17-28-31(37)15-14-29-34(32-9-8-20-39-32)27-16-18-36-21-30(27)33(35(28)29)25-10-12-26(38-7)13-11-25/h8-24H,1-7H3. The summed E-state index contributed by atoms with van der Waals surface area (Å²) in [5.74, 6) is 0.864. The lowest BCUT2D eigenvalue weighted by Crippen LogP contribution is -2.51. The third kappa shape index (κ3) is 3.86. The molecule has 0 radical (unpaired) electrons. The number of thiophene rings is 1. The van der Waals surface area contributed by atoms with Crippen LogP contribution in [0.25, 0.3) is 54.0 Å². The van der Waals surface area contributed by atoms with E-state index in [0.29, 0.717) is 16.6 Å². The highest BCUT2D eigenvalue weighted by Crippen LogP contribution is 2.49. The van der Waals surface area contributed by atoms with Gasteiger partial charge in [0, 0.05) is 44.5 Å². The van der Waals surface area contributed by atoms with E-state index in [0.717, 1.165) is 5.75 Å². The second-order valence-corrected chi connectivity index (χ2v) is 18.5. The molecule has 0 atom stereocenters. The molecule has 3 nitrogen and oxygen atoms in total. The van der Waals surface area contributed by atoms with Crippen LogP contribution >= 0.6 is 11.3 Å². The molecule has 204 valence electrons. The molecule has 6 aromatic rings. The van der Waals surface area contributed by atoms with Gasteiger partial charge in [-0.2, -0.15) is 0 Å². The number of nitrogens with zero attached hydrogens (tertiary/aromatic N) is 2. The lowest BCUT2D eigenvalue weighted by molar-refractivity contribution is 0.415. The first-order valence-corrected chi connectivity index (χ1v) is 17.4. The van der Waals surface area contributed by atoms with Gasteiger partial charge in [0.25, 0.3) is 0 Å². The molecule has 0 saturated carbocycles. The Morgan fingerprint density at radius 1 is 0.750 bits per heavy atom. The second kappa shape index (κ2) is 10.2. The summed E-state index contributed by atoms with van der Waals surface area (Å²) in [5, 5.41) is 8.53. The minimum absolute atomic E-state index is 0.613. The summed E-state index contributed by atoms with van der Waals surface area (Å²) in [6.07, 6.45) is 6.38. The van der Waals surface area contributed by atoms with Crippen LogP contribution < -0.4 is 4.74 Å². The number of hydrogen-bond donors (Lipinski definition) is 0. The molecule has 3 aromatic carbocycles. The Kier molecular flexibility index (Phi) is 6.84. The SMILES string of the molecule is COc1ccc(-c2c3cnccc3c(-c3cccs3)c3ccc4c(ccn4[Si](C(C)C)(C(C)C)C(C)C)c23)cc1. The van der Waals surface area contributed by atoms with E-state index in [1.165, 1.54) is 54.0 Å². The minimum atomic E-state index is -1.94. The molecular formula is C35H38N2OSSi. The summed E-state index contributed by atoms with van der Waals surface area (Å²) in [5.41, 5.74) is 6.92. The zero-order chi connectivity index (χ0) is 28.2. The van der Waals surface area contributed by atoms with Crippen molar-refractivity contribution in [1.82, 2.24) is 9.22 Å². The highest BCUT2D eigenvalue weighted by molar-refractivity contribution is 7.13. The predicted molar refractivity (Wildman–Crippen MR) is 176 cm³/mol. The smallest absolute Gasteiger partial charge is 0.169 e. The molecule has 40 heavy (non-hydrogen) atoms. The maximum absolute atomic E-state index is 5.52. The number of benzene rings is 3. The Labute approximate surface area is 242 Å². The summed E-state index contributed by atoms with van der Waals surface area (Å²) in [6.45, 7) is 14.6. The Morgan fingerprint density at radius 3 is 2.10 bits per heavy atom. The Hall–Kier alpha value is -3.41. The molecule has 0 saturated heterocycles. The topological polar surface area (TPSA) is 27.1 Å². The lowest BCUT2D eigenvalue weighted by atomic mass is 9.87. The molecular weight excluding hydrogens is 525 g/mol. The van der Waals surface area contributed by atoms with Gasteiger partial charge in [0.1, 0.15) is 5.75 Å². The summed E-state index contributed by atoms with van der Waals surface area (Å²) in [6, 6.07) is 22.3. The molecule has 0 fully saturated rings. The third-order valence-electron chi connectivity index (χ3n) is 9.09. The Morgan fingerprint density at radius 2 is 1.48 bits per heavy atom. The van der Waals surface area contributed by atoms with E-state index in [4.69, 9.17) is 4.74 Å². The van der Waals surface area contributed by atoms with Crippen LogP contribution in [0.5, 0.6) is 5.75 Å². The van der Waals surface area contributed by atoms with Crippen LogP contribution in [0, 0.1) is 0 Å². The van der Waals surface area contributed by atoms with E-state index in [1.807, 2.05) is 6.20 Å². The molecule has 5 heteroatoms. The monoisotopic (exact) mass is 562 g/mol. The molecule has 0 aliphatic heterocycles. The molecule has 0 unspecified atom stereocenters. The molecule has 0 aliphatic carbocycles. The van der Waals surface area contributed by atoms with Gasteiger partial charge in [-0.25, -0.2) is 0 Å². The van der Waals surface area contributed by atoms with Crippen LogP contribution in [0.1, 0.15) is 41.5 Å². The summed E-state index contributed by atoms with van der Waals surface area (Å²) in [4.78, 5) is 5.92. The first kappa shape index (κ1) is 26.8. The highest BCUT2D eigenvalue weighted by Gasteiger charge is 2.45. The van der Waals surface area contributed by atoms with Crippen LogP contribution in [0.2, 0.25) is 16.6 Å². The predicted octanol–water partition coefficient (Wildman–Crippen LogP) is 10.8. The number of fused-ring (bicyclic) bond motifs is 4. The first-order chi connectivity index (χ1) is 19.3. The summed E-state index contributed by atoms with van der Waals surface area (Å²) in [7, 11) is -0.221. The number of methoxy groups -OCH3 is 1. The molecule has 6 rings (SSSR count). The van der Waals surface area contributed by atoms with Crippen LogP contribution in [-0.4, -0.2) is 24.6 Å². The zero-order valence-electron chi connectivity index (χ0n) is 24.5. The van der Waals surface area contributed by atoms with E-state index in [2.05, 4.69) is 129 Å². The Bertz CT molecular complexity index is 1790. The second-order valence-electron chi connectivity index (χ2n) is 11.8. The summed E-state index contributed by atoms with van der Waals surface area (Å²) < 4.78 is 8.25. The number of ether oxygens (including phenoxy) is 1. The van der Waals surface area contributed by atoms with Gasteiger partial charge in [0.2, 0.25) is 0 Å². The van der Waals surface area contributed by atoms with Crippen LogP contribution in [0.15, 0.2) is 84.6 Å². The molecule has 0 N–H and O–H groups in total. The van der Waals surface area contributed by atoms with Crippen molar-refractivity contribution in [2.24, 2.45) is 0 Å². The van der Waals surface area contributed by atoms with Gasteiger partial charge in [-0.05, 0) is 86.5 Å².